The Bertz CT molecular complexity index is 1260. The Morgan fingerprint density at radius 1 is 1.05 bits per heavy atom. The summed E-state index contributed by atoms with van der Waals surface area (Å²) in [6, 6.07) is 8.05. The normalized spacial score (nSPS) is 18.7. The number of nitrogens with zero attached hydrogens (tertiary/aromatic N) is 2. The molecule has 2 aliphatic rings. The maximum Gasteiger partial charge on any atom is 0.410 e. The number of carbonyl (C=O) groups excluding carboxylic acids is 4. The summed E-state index contributed by atoms with van der Waals surface area (Å²) >= 11 is 0. The van der Waals surface area contributed by atoms with Crippen molar-refractivity contribution in [1.29, 1.82) is 0 Å². The summed E-state index contributed by atoms with van der Waals surface area (Å²) in [5, 5.41) is 4.11. The molecule has 4 rings (SSSR count). The summed E-state index contributed by atoms with van der Waals surface area (Å²) in [4.78, 5) is 57.9. The summed E-state index contributed by atoms with van der Waals surface area (Å²) in [6.45, 7) is 8.16. The van der Waals surface area contributed by atoms with E-state index in [-0.39, 0.29) is 36.3 Å². The predicted octanol–water partition coefficient (Wildman–Crippen LogP) is 4.67. The molecule has 3 amide bonds. The number of para-hydroxylation sites is 1. The fourth-order valence-corrected chi connectivity index (χ4v) is 6.14. The average Bonchev–Trinajstić information content (AvgIpc) is 3.42. The second-order valence-corrected chi connectivity index (χ2v) is 13.0. The van der Waals surface area contributed by atoms with Gasteiger partial charge in [0.1, 0.15) is 5.60 Å². The highest BCUT2D eigenvalue weighted by Gasteiger charge is 2.31. The highest BCUT2D eigenvalue weighted by atomic mass is 16.6. The molecule has 0 unspecified atom stereocenters. The van der Waals surface area contributed by atoms with Crippen LogP contribution in [0.15, 0.2) is 30.5 Å². The number of hydrogen-bond donors (Lipinski definition) is 2. The average molecular weight is 597 g/mol. The van der Waals surface area contributed by atoms with Gasteiger partial charge in [0.05, 0.1) is 18.9 Å². The molecule has 0 saturated carbocycles. The number of piperidine rings is 2. The highest BCUT2D eigenvalue weighted by Crippen LogP contribution is 2.25. The van der Waals surface area contributed by atoms with Gasteiger partial charge in [-0.05, 0) is 83.3 Å². The molecule has 0 aliphatic carbocycles. The number of aromatic amines is 1. The summed E-state index contributed by atoms with van der Waals surface area (Å²) in [5.74, 6) is -0.720. The van der Waals surface area contributed by atoms with Gasteiger partial charge in [0, 0.05) is 56.2 Å². The minimum absolute atomic E-state index is 0.0817. The number of likely N-dealkylation sites (tertiary alicyclic amines) is 2. The lowest BCUT2D eigenvalue weighted by molar-refractivity contribution is -0.145. The number of esters is 1. The van der Waals surface area contributed by atoms with E-state index in [1.807, 2.05) is 50.1 Å². The van der Waals surface area contributed by atoms with Gasteiger partial charge in [0.15, 0.2) is 0 Å². The smallest absolute Gasteiger partial charge is 0.410 e. The maximum atomic E-state index is 13.1. The number of aryl methyl sites for hydroxylation is 1. The Morgan fingerprint density at radius 2 is 1.79 bits per heavy atom. The van der Waals surface area contributed by atoms with E-state index >= 15 is 0 Å². The van der Waals surface area contributed by atoms with E-state index in [9.17, 15) is 19.2 Å². The van der Waals surface area contributed by atoms with Gasteiger partial charge in [-0.1, -0.05) is 18.2 Å². The van der Waals surface area contributed by atoms with E-state index in [1.165, 1.54) is 7.11 Å². The SMILES string of the molecule is COC(=O)[C@H](CCc1c[nH]c2ccccc12)CNC(=O)[C@@H]1CCCN(C(=O)CCC2CCN(C(=O)OC(C)(C)C)CC2)C1. The van der Waals surface area contributed by atoms with Crippen molar-refractivity contribution in [2.24, 2.45) is 17.8 Å². The Morgan fingerprint density at radius 3 is 2.51 bits per heavy atom. The Kier molecular flexibility index (Phi) is 11.1. The van der Waals surface area contributed by atoms with Crippen molar-refractivity contribution in [3.8, 4) is 0 Å². The second kappa shape index (κ2) is 14.8. The summed E-state index contributed by atoms with van der Waals surface area (Å²) in [6.07, 6.45) is 7.39. The molecule has 2 atom stereocenters. The first-order valence-electron chi connectivity index (χ1n) is 15.7. The molecule has 43 heavy (non-hydrogen) atoms. The molecular weight excluding hydrogens is 548 g/mol. The van der Waals surface area contributed by atoms with Crippen LogP contribution in [0, 0.1) is 17.8 Å². The Balaban J connectivity index is 1.20. The van der Waals surface area contributed by atoms with Crippen LogP contribution in [0.2, 0.25) is 0 Å². The lowest BCUT2D eigenvalue weighted by Crippen LogP contribution is -2.46. The van der Waals surface area contributed by atoms with Crippen molar-refractivity contribution in [2.75, 3.05) is 39.8 Å². The molecule has 10 nitrogen and oxygen atoms in total. The van der Waals surface area contributed by atoms with Crippen LogP contribution in [0.5, 0.6) is 0 Å². The third-order valence-electron chi connectivity index (χ3n) is 8.67. The summed E-state index contributed by atoms with van der Waals surface area (Å²) in [5.41, 5.74) is 1.68. The highest BCUT2D eigenvalue weighted by molar-refractivity contribution is 5.84. The number of nitrogens with one attached hydrogen (secondary N) is 2. The molecule has 1 aromatic heterocycles. The standard InChI is InChI=1S/C33H48N4O6/c1-33(2,3)43-32(41)36-18-15-23(16-19-36)11-14-29(38)37-17-7-8-26(22-37)30(39)35-21-25(31(40)42-4)13-12-24-20-34-28-10-6-5-9-27(24)28/h5-6,9-10,20,23,25-26,34H,7-8,11-19,21-22H2,1-4H3,(H,35,39)/t25-,26-/m1/s1. The second-order valence-electron chi connectivity index (χ2n) is 13.0. The van der Waals surface area contributed by atoms with E-state index in [0.717, 1.165) is 48.6 Å². The van der Waals surface area contributed by atoms with Crippen LogP contribution in [0.3, 0.4) is 0 Å². The third kappa shape index (κ3) is 9.21. The van der Waals surface area contributed by atoms with Crippen LogP contribution in [-0.4, -0.2) is 84.1 Å². The molecular formula is C33H48N4O6. The van der Waals surface area contributed by atoms with E-state index in [1.54, 1.807) is 4.90 Å². The lowest BCUT2D eigenvalue weighted by atomic mass is 9.91. The van der Waals surface area contributed by atoms with Crippen LogP contribution in [0.1, 0.15) is 71.3 Å². The molecule has 2 aliphatic heterocycles. The van der Waals surface area contributed by atoms with Gasteiger partial charge in [-0.2, -0.15) is 0 Å². The molecule has 236 valence electrons. The zero-order chi connectivity index (χ0) is 31.0. The maximum absolute atomic E-state index is 13.1. The predicted molar refractivity (Wildman–Crippen MR) is 164 cm³/mol. The molecule has 2 fully saturated rings. The van der Waals surface area contributed by atoms with E-state index in [2.05, 4.69) is 16.4 Å². The zero-order valence-electron chi connectivity index (χ0n) is 26.2. The number of carbonyl (C=O) groups is 4. The van der Waals surface area contributed by atoms with Gasteiger partial charge in [-0.25, -0.2) is 4.79 Å². The molecule has 0 spiro atoms. The molecule has 1 aromatic carbocycles. The molecule has 2 N–H and O–H groups in total. The number of H-pyrrole nitrogens is 1. The van der Waals surface area contributed by atoms with Crippen molar-refractivity contribution in [1.82, 2.24) is 20.1 Å². The van der Waals surface area contributed by atoms with Crippen LogP contribution in [0.25, 0.3) is 10.9 Å². The molecule has 0 bridgehead atoms. The molecule has 2 saturated heterocycles. The Hall–Kier alpha value is -3.56. The van der Waals surface area contributed by atoms with Gasteiger partial charge < -0.3 is 29.6 Å². The lowest BCUT2D eigenvalue weighted by Gasteiger charge is -2.34. The molecule has 10 heteroatoms. The number of rotatable bonds is 10. The minimum Gasteiger partial charge on any atom is -0.469 e. The number of aromatic nitrogens is 1. The van der Waals surface area contributed by atoms with Gasteiger partial charge in [-0.3, -0.25) is 14.4 Å². The zero-order valence-corrected chi connectivity index (χ0v) is 26.2. The number of hydrogen-bond acceptors (Lipinski definition) is 6. The monoisotopic (exact) mass is 596 g/mol. The topological polar surface area (TPSA) is 121 Å². The van der Waals surface area contributed by atoms with Crippen molar-refractivity contribution < 1.29 is 28.7 Å². The number of amides is 3. The molecule has 2 aromatic rings. The van der Waals surface area contributed by atoms with Crippen molar-refractivity contribution in [3.05, 3.63) is 36.0 Å². The fourth-order valence-electron chi connectivity index (χ4n) is 6.14. The van der Waals surface area contributed by atoms with Crippen LogP contribution >= 0.6 is 0 Å². The minimum atomic E-state index is -0.509. The van der Waals surface area contributed by atoms with Gasteiger partial charge in [-0.15, -0.1) is 0 Å². The van der Waals surface area contributed by atoms with Gasteiger partial charge in [0.25, 0.3) is 0 Å². The fraction of sp³-hybridized carbons (Fsp3) is 0.636. The summed E-state index contributed by atoms with van der Waals surface area (Å²) < 4.78 is 10.5. The first-order chi connectivity index (χ1) is 20.5. The van der Waals surface area contributed by atoms with Gasteiger partial charge in [0.2, 0.25) is 11.8 Å². The van der Waals surface area contributed by atoms with E-state index in [4.69, 9.17) is 9.47 Å². The van der Waals surface area contributed by atoms with E-state index in [0.29, 0.717) is 51.4 Å². The first-order valence-corrected chi connectivity index (χ1v) is 15.7. The quantitative estimate of drug-likeness (QED) is 0.385. The third-order valence-corrected chi connectivity index (χ3v) is 8.67. The molecule has 3 heterocycles. The molecule has 0 radical (unpaired) electrons. The summed E-state index contributed by atoms with van der Waals surface area (Å²) in [7, 11) is 1.37. The number of methoxy groups -OCH3 is 1. The Labute approximate surface area is 254 Å². The van der Waals surface area contributed by atoms with Crippen LogP contribution in [-0.2, 0) is 30.3 Å². The van der Waals surface area contributed by atoms with Crippen LogP contribution in [0.4, 0.5) is 4.79 Å². The van der Waals surface area contributed by atoms with Crippen molar-refractivity contribution in [2.45, 2.75) is 77.7 Å². The van der Waals surface area contributed by atoms with Crippen LogP contribution < -0.4 is 5.32 Å². The first kappa shape index (κ1) is 32.4. The number of fused-ring (bicyclic) bond motifs is 1. The number of benzene rings is 1. The van der Waals surface area contributed by atoms with Crippen molar-refractivity contribution in [3.63, 3.8) is 0 Å². The van der Waals surface area contributed by atoms with Gasteiger partial charge >= 0.3 is 12.1 Å². The largest absolute Gasteiger partial charge is 0.469 e. The van der Waals surface area contributed by atoms with E-state index < -0.39 is 11.5 Å². The number of ether oxygens (including phenoxy) is 2. The van der Waals surface area contributed by atoms with Crippen molar-refractivity contribution >= 4 is 34.8 Å².